The van der Waals surface area contributed by atoms with Crippen LogP contribution in [0.3, 0.4) is 0 Å². The van der Waals surface area contributed by atoms with Crippen molar-refractivity contribution in [3.05, 3.63) is 65.5 Å². The number of rotatable bonds is 8. The number of carbonyl (C=O) groups excluding carboxylic acids is 2. The Hall–Kier alpha value is -2.89. The maximum Gasteiger partial charge on any atom is 0.338 e. The topological polar surface area (TPSA) is 58.6 Å². The molecule has 0 fully saturated rings. The summed E-state index contributed by atoms with van der Waals surface area (Å²) in [5, 5.41) is 2.73. The second kappa shape index (κ2) is 9.56. The van der Waals surface area contributed by atoms with E-state index in [2.05, 4.69) is 23.2 Å². The van der Waals surface area contributed by atoms with E-state index in [0.717, 1.165) is 12.2 Å². The SMILES string of the molecule is CCN(CCNC(=O)COC(=O)c1ccc(F)cc1)c1cccc(C)c1. The fraction of sp³-hybridized carbons (Fsp3) is 0.300. The fourth-order valence-corrected chi connectivity index (χ4v) is 2.48. The number of hydrogen-bond acceptors (Lipinski definition) is 4. The zero-order valence-corrected chi connectivity index (χ0v) is 15.0. The molecule has 0 spiro atoms. The van der Waals surface area contributed by atoms with Crippen LogP contribution >= 0.6 is 0 Å². The van der Waals surface area contributed by atoms with E-state index in [9.17, 15) is 14.0 Å². The van der Waals surface area contributed by atoms with E-state index >= 15 is 0 Å². The van der Waals surface area contributed by atoms with Crippen molar-refractivity contribution in [1.82, 2.24) is 5.32 Å². The van der Waals surface area contributed by atoms with Gasteiger partial charge in [0.15, 0.2) is 6.61 Å². The number of nitrogens with one attached hydrogen (secondary N) is 1. The number of carbonyl (C=O) groups is 2. The summed E-state index contributed by atoms with van der Waals surface area (Å²) in [4.78, 5) is 25.7. The molecule has 0 atom stereocenters. The maximum atomic E-state index is 12.8. The van der Waals surface area contributed by atoms with E-state index in [1.165, 1.54) is 29.8 Å². The Morgan fingerprint density at radius 1 is 1.15 bits per heavy atom. The molecule has 0 unspecified atom stereocenters. The van der Waals surface area contributed by atoms with E-state index in [1.807, 2.05) is 25.1 Å². The Bertz CT molecular complexity index is 747. The van der Waals surface area contributed by atoms with Gasteiger partial charge >= 0.3 is 5.97 Å². The van der Waals surface area contributed by atoms with Gasteiger partial charge in [-0.3, -0.25) is 4.79 Å². The molecule has 6 heteroatoms. The average Bonchev–Trinajstić information content (AvgIpc) is 2.64. The van der Waals surface area contributed by atoms with Crippen molar-refractivity contribution in [2.45, 2.75) is 13.8 Å². The highest BCUT2D eigenvalue weighted by molar-refractivity contribution is 5.91. The van der Waals surface area contributed by atoms with Gasteiger partial charge in [-0.1, -0.05) is 12.1 Å². The van der Waals surface area contributed by atoms with E-state index in [0.29, 0.717) is 13.1 Å². The summed E-state index contributed by atoms with van der Waals surface area (Å²) >= 11 is 0. The fourth-order valence-electron chi connectivity index (χ4n) is 2.48. The van der Waals surface area contributed by atoms with Gasteiger partial charge in [-0.15, -0.1) is 0 Å². The van der Waals surface area contributed by atoms with Gasteiger partial charge in [0.05, 0.1) is 5.56 Å². The first-order chi connectivity index (χ1) is 12.5. The minimum Gasteiger partial charge on any atom is -0.452 e. The molecule has 2 aromatic carbocycles. The highest BCUT2D eigenvalue weighted by Gasteiger charge is 2.11. The average molecular weight is 358 g/mol. The zero-order valence-electron chi connectivity index (χ0n) is 15.0. The van der Waals surface area contributed by atoms with E-state index in [4.69, 9.17) is 4.74 Å². The Balaban J connectivity index is 1.74. The minimum atomic E-state index is -0.657. The summed E-state index contributed by atoms with van der Waals surface area (Å²) in [7, 11) is 0. The molecule has 1 amide bonds. The van der Waals surface area contributed by atoms with Crippen LogP contribution in [0.25, 0.3) is 0 Å². The zero-order chi connectivity index (χ0) is 18.9. The Labute approximate surface area is 152 Å². The van der Waals surface area contributed by atoms with Crippen LogP contribution in [0.1, 0.15) is 22.8 Å². The molecule has 26 heavy (non-hydrogen) atoms. The van der Waals surface area contributed by atoms with E-state index < -0.39 is 11.8 Å². The Morgan fingerprint density at radius 2 is 1.88 bits per heavy atom. The van der Waals surface area contributed by atoms with Crippen LogP contribution in [0.15, 0.2) is 48.5 Å². The predicted octanol–water partition coefficient (Wildman–Crippen LogP) is 2.93. The molecule has 0 saturated carbocycles. The molecule has 5 nitrogen and oxygen atoms in total. The van der Waals surface area contributed by atoms with Crippen molar-refractivity contribution in [2.75, 3.05) is 31.1 Å². The number of ether oxygens (including phenoxy) is 1. The lowest BCUT2D eigenvalue weighted by Gasteiger charge is -2.23. The number of hydrogen-bond donors (Lipinski definition) is 1. The quantitative estimate of drug-likeness (QED) is 0.737. The maximum absolute atomic E-state index is 12.8. The van der Waals surface area contributed by atoms with Crippen molar-refractivity contribution in [3.8, 4) is 0 Å². The predicted molar refractivity (Wildman–Crippen MR) is 98.8 cm³/mol. The monoisotopic (exact) mass is 358 g/mol. The molecule has 0 heterocycles. The van der Waals surface area contributed by atoms with Crippen molar-refractivity contribution in [1.29, 1.82) is 0 Å². The molecule has 0 bridgehead atoms. The number of esters is 1. The van der Waals surface area contributed by atoms with Crippen LogP contribution in [0.2, 0.25) is 0 Å². The van der Waals surface area contributed by atoms with Gasteiger partial charge in [0.2, 0.25) is 0 Å². The summed E-state index contributed by atoms with van der Waals surface area (Å²) in [6, 6.07) is 13.1. The van der Waals surface area contributed by atoms with Crippen molar-refractivity contribution < 1.29 is 18.7 Å². The first kappa shape index (κ1) is 19.4. The van der Waals surface area contributed by atoms with Gasteiger partial charge in [-0.25, -0.2) is 9.18 Å². The second-order valence-corrected chi connectivity index (χ2v) is 5.85. The second-order valence-electron chi connectivity index (χ2n) is 5.85. The number of aryl methyl sites for hydroxylation is 1. The molecule has 2 rings (SSSR count). The molecule has 0 saturated heterocycles. The molecule has 0 aromatic heterocycles. The Kier molecular flexibility index (Phi) is 7.14. The van der Waals surface area contributed by atoms with Crippen LogP contribution in [0.4, 0.5) is 10.1 Å². The van der Waals surface area contributed by atoms with Crippen molar-refractivity contribution in [2.24, 2.45) is 0 Å². The molecule has 138 valence electrons. The molecule has 0 radical (unpaired) electrons. The molecule has 0 aliphatic rings. The number of nitrogens with zero attached hydrogens (tertiary/aromatic N) is 1. The van der Waals surface area contributed by atoms with Crippen LogP contribution in [0.5, 0.6) is 0 Å². The highest BCUT2D eigenvalue weighted by Crippen LogP contribution is 2.14. The summed E-state index contributed by atoms with van der Waals surface area (Å²) in [6.07, 6.45) is 0. The summed E-state index contributed by atoms with van der Waals surface area (Å²) < 4.78 is 17.7. The van der Waals surface area contributed by atoms with Crippen LogP contribution < -0.4 is 10.2 Å². The Morgan fingerprint density at radius 3 is 2.54 bits per heavy atom. The normalized spacial score (nSPS) is 10.3. The highest BCUT2D eigenvalue weighted by atomic mass is 19.1. The molecule has 2 aromatic rings. The number of likely N-dealkylation sites (N-methyl/N-ethyl adjacent to an activating group) is 1. The van der Waals surface area contributed by atoms with E-state index in [-0.39, 0.29) is 18.1 Å². The summed E-state index contributed by atoms with van der Waals surface area (Å²) in [5.41, 5.74) is 2.48. The molecule has 0 aliphatic carbocycles. The van der Waals surface area contributed by atoms with Crippen LogP contribution in [-0.2, 0) is 9.53 Å². The van der Waals surface area contributed by atoms with Gasteiger partial charge in [0.1, 0.15) is 5.82 Å². The van der Waals surface area contributed by atoms with Gasteiger partial charge in [0.25, 0.3) is 5.91 Å². The van der Waals surface area contributed by atoms with Gasteiger partial charge in [-0.2, -0.15) is 0 Å². The van der Waals surface area contributed by atoms with Gasteiger partial charge in [0, 0.05) is 25.3 Å². The smallest absolute Gasteiger partial charge is 0.338 e. The first-order valence-electron chi connectivity index (χ1n) is 8.50. The van der Waals surface area contributed by atoms with Crippen molar-refractivity contribution >= 4 is 17.6 Å². The number of amides is 1. The van der Waals surface area contributed by atoms with Crippen LogP contribution in [0, 0.1) is 12.7 Å². The standard InChI is InChI=1S/C20H23FN2O3/c1-3-23(18-6-4-5-15(2)13-18)12-11-22-19(24)14-26-20(25)16-7-9-17(21)10-8-16/h4-10,13H,3,11-12,14H2,1-2H3,(H,22,24). The van der Waals surface area contributed by atoms with Crippen LogP contribution in [-0.4, -0.2) is 38.1 Å². The van der Waals surface area contributed by atoms with E-state index in [1.54, 1.807) is 0 Å². The third-order valence-corrected chi connectivity index (χ3v) is 3.87. The largest absolute Gasteiger partial charge is 0.452 e. The van der Waals surface area contributed by atoms with Gasteiger partial charge < -0.3 is 15.0 Å². The summed E-state index contributed by atoms with van der Waals surface area (Å²) in [6.45, 7) is 5.63. The first-order valence-corrected chi connectivity index (χ1v) is 8.50. The third-order valence-electron chi connectivity index (χ3n) is 3.87. The van der Waals surface area contributed by atoms with Gasteiger partial charge in [-0.05, 0) is 55.8 Å². The lowest BCUT2D eigenvalue weighted by molar-refractivity contribution is -0.124. The lowest BCUT2D eigenvalue weighted by atomic mass is 10.2. The number of halogens is 1. The molecular formula is C20H23FN2O3. The summed E-state index contributed by atoms with van der Waals surface area (Å²) in [5.74, 6) is -1.47. The molecular weight excluding hydrogens is 335 g/mol. The number of benzene rings is 2. The third kappa shape index (κ3) is 5.88. The van der Waals surface area contributed by atoms with Crippen molar-refractivity contribution in [3.63, 3.8) is 0 Å². The minimum absolute atomic E-state index is 0.204. The molecule has 0 aliphatic heterocycles. The number of anilines is 1. The molecule has 1 N–H and O–H groups in total. The lowest BCUT2D eigenvalue weighted by Crippen LogP contribution is -2.36.